The Bertz CT molecular complexity index is 3010. The van der Waals surface area contributed by atoms with E-state index in [1.165, 1.54) is 33.4 Å². The fraction of sp³-hybridized carbons (Fsp3) is 0.0196. The Morgan fingerprint density at radius 3 is 1.74 bits per heavy atom. The van der Waals surface area contributed by atoms with Crippen molar-refractivity contribution in [3.8, 4) is 44.9 Å². The molecule has 0 radical (unpaired) electrons. The molecule has 252 valence electrons. The summed E-state index contributed by atoms with van der Waals surface area (Å²) in [6.07, 6.45) is 0. The molecule has 1 aliphatic rings. The molecule has 0 aliphatic heterocycles. The van der Waals surface area contributed by atoms with Crippen LogP contribution in [0.4, 0.5) is 0 Å². The highest BCUT2D eigenvalue weighted by Gasteiger charge is 2.45. The molecule has 2 heterocycles. The van der Waals surface area contributed by atoms with E-state index in [4.69, 9.17) is 14.4 Å². The van der Waals surface area contributed by atoms with Gasteiger partial charge in [-0.25, -0.2) is 9.97 Å². The predicted octanol–water partition coefficient (Wildman–Crippen LogP) is 12.9. The highest BCUT2D eigenvalue weighted by Crippen LogP contribution is 2.56. The maximum Gasteiger partial charge on any atom is 0.161 e. The normalized spacial score (nSPS) is 13.0. The predicted molar refractivity (Wildman–Crippen MR) is 220 cm³/mol. The molecule has 8 aromatic carbocycles. The summed E-state index contributed by atoms with van der Waals surface area (Å²) in [6, 6.07) is 69.2. The first-order chi connectivity index (χ1) is 26.8. The molecule has 11 rings (SSSR count). The van der Waals surface area contributed by atoms with Crippen molar-refractivity contribution in [2.24, 2.45) is 0 Å². The van der Waals surface area contributed by atoms with Gasteiger partial charge in [-0.05, 0) is 74.8 Å². The van der Waals surface area contributed by atoms with Crippen LogP contribution in [0.15, 0.2) is 199 Å². The van der Waals surface area contributed by atoms with Gasteiger partial charge in [-0.15, -0.1) is 0 Å². The summed E-state index contributed by atoms with van der Waals surface area (Å²) in [5.74, 6) is 0.659. The average Bonchev–Trinajstić information content (AvgIpc) is 3.79. The molecule has 3 heteroatoms. The first-order valence-corrected chi connectivity index (χ1v) is 18.4. The molecule has 0 amide bonds. The molecule has 0 saturated heterocycles. The summed E-state index contributed by atoms with van der Waals surface area (Å²) in [4.78, 5) is 10.5. The molecule has 0 atom stereocenters. The fourth-order valence-corrected chi connectivity index (χ4v) is 8.80. The largest absolute Gasteiger partial charge is 0.454 e. The van der Waals surface area contributed by atoms with Gasteiger partial charge in [0, 0.05) is 27.3 Å². The van der Waals surface area contributed by atoms with E-state index in [0.29, 0.717) is 5.82 Å². The molecule has 3 nitrogen and oxygen atoms in total. The minimum atomic E-state index is -0.466. The Balaban J connectivity index is 1.11. The average molecular weight is 689 g/mol. The van der Waals surface area contributed by atoms with Gasteiger partial charge < -0.3 is 4.42 Å². The number of nitrogens with zero attached hydrogens (tertiary/aromatic N) is 2. The lowest BCUT2D eigenvalue weighted by Gasteiger charge is -2.34. The maximum atomic E-state index is 6.51. The smallest absolute Gasteiger partial charge is 0.161 e. The molecule has 2 aromatic heterocycles. The lowest BCUT2D eigenvalue weighted by Crippen LogP contribution is -2.28. The van der Waals surface area contributed by atoms with Crippen molar-refractivity contribution in [2.45, 2.75) is 5.41 Å². The van der Waals surface area contributed by atoms with Gasteiger partial charge in [0.15, 0.2) is 11.4 Å². The van der Waals surface area contributed by atoms with Crippen molar-refractivity contribution in [1.29, 1.82) is 0 Å². The zero-order chi connectivity index (χ0) is 35.6. The van der Waals surface area contributed by atoms with E-state index in [1.807, 2.05) is 18.2 Å². The van der Waals surface area contributed by atoms with Gasteiger partial charge >= 0.3 is 0 Å². The van der Waals surface area contributed by atoms with Crippen LogP contribution < -0.4 is 0 Å². The van der Waals surface area contributed by atoms with Crippen LogP contribution in [0.25, 0.3) is 77.7 Å². The van der Waals surface area contributed by atoms with Crippen molar-refractivity contribution < 1.29 is 4.42 Å². The number of para-hydroxylation sites is 1. The van der Waals surface area contributed by atoms with Gasteiger partial charge in [0.25, 0.3) is 0 Å². The molecule has 0 spiro atoms. The Labute approximate surface area is 312 Å². The first kappa shape index (κ1) is 30.5. The molecular weight excluding hydrogens is 657 g/mol. The first-order valence-electron chi connectivity index (χ1n) is 18.4. The summed E-state index contributed by atoms with van der Waals surface area (Å²) in [6.45, 7) is 0. The lowest BCUT2D eigenvalue weighted by molar-refractivity contribution is 0.671. The molecule has 54 heavy (non-hydrogen) atoms. The van der Waals surface area contributed by atoms with Crippen LogP contribution in [0.5, 0.6) is 0 Å². The Morgan fingerprint density at radius 2 is 0.963 bits per heavy atom. The molecule has 0 fully saturated rings. The third-order valence-corrected chi connectivity index (χ3v) is 11.2. The molecule has 0 N–H and O–H groups in total. The molecule has 0 unspecified atom stereocenters. The zero-order valence-electron chi connectivity index (χ0n) is 29.3. The van der Waals surface area contributed by atoms with E-state index in [9.17, 15) is 0 Å². The zero-order valence-corrected chi connectivity index (χ0v) is 29.3. The summed E-state index contributed by atoms with van der Waals surface area (Å²) in [5.41, 5.74) is 14.7. The van der Waals surface area contributed by atoms with E-state index in [0.717, 1.165) is 60.8 Å². The topological polar surface area (TPSA) is 38.9 Å². The highest BCUT2D eigenvalue weighted by atomic mass is 16.3. The van der Waals surface area contributed by atoms with Gasteiger partial charge in [0.05, 0.1) is 11.1 Å². The number of hydrogen-bond donors (Lipinski definition) is 0. The number of aromatic nitrogens is 2. The van der Waals surface area contributed by atoms with Crippen molar-refractivity contribution in [3.63, 3.8) is 0 Å². The fourth-order valence-electron chi connectivity index (χ4n) is 8.80. The minimum Gasteiger partial charge on any atom is -0.454 e. The Kier molecular flexibility index (Phi) is 6.77. The van der Waals surface area contributed by atoms with Gasteiger partial charge in [-0.2, -0.15) is 0 Å². The molecule has 0 bridgehead atoms. The van der Waals surface area contributed by atoms with Crippen molar-refractivity contribution >= 4 is 32.8 Å². The molecule has 0 saturated carbocycles. The second kappa shape index (κ2) is 12.0. The standard InChI is InChI=1S/C51H32N2O/c1-3-15-33(16-4-1)47-43-30-29-42-41-25-9-12-28-46(41)54-49(42)48(43)53-50(52-47)36-19-13-17-34(31-36)35-18-14-22-38(32-35)51(37-20-5-2-6-21-37)44-26-10-7-23-39(44)40-24-8-11-27-45(40)51/h1-32H. The van der Waals surface area contributed by atoms with Crippen molar-refractivity contribution in [1.82, 2.24) is 9.97 Å². The van der Waals surface area contributed by atoms with Gasteiger partial charge in [0.1, 0.15) is 11.1 Å². The maximum absolute atomic E-state index is 6.51. The quantitative estimate of drug-likeness (QED) is 0.181. The SMILES string of the molecule is c1ccc(-c2nc(-c3cccc(-c4cccc(C5(c6ccccc6)c6ccccc6-c6ccccc65)c4)c3)nc3c2ccc2c4ccccc4oc23)cc1. The number of hydrogen-bond acceptors (Lipinski definition) is 3. The van der Waals surface area contributed by atoms with Gasteiger partial charge in [-0.3, -0.25) is 0 Å². The summed E-state index contributed by atoms with van der Waals surface area (Å²) < 4.78 is 6.51. The van der Waals surface area contributed by atoms with Crippen LogP contribution in [-0.2, 0) is 5.41 Å². The van der Waals surface area contributed by atoms with E-state index in [1.54, 1.807) is 0 Å². The summed E-state index contributed by atoms with van der Waals surface area (Å²) in [7, 11) is 0. The summed E-state index contributed by atoms with van der Waals surface area (Å²) in [5, 5.41) is 3.09. The van der Waals surface area contributed by atoms with Crippen molar-refractivity contribution in [3.05, 3.63) is 216 Å². The number of fused-ring (bicyclic) bond motifs is 8. The van der Waals surface area contributed by atoms with Crippen molar-refractivity contribution in [2.75, 3.05) is 0 Å². The second-order valence-electron chi connectivity index (χ2n) is 14.1. The number of furan rings is 1. The highest BCUT2D eigenvalue weighted by molar-refractivity contribution is 6.15. The van der Waals surface area contributed by atoms with E-state index >= 15 is 0 Å². The van der Waals surface area contributed by atoms with E-state index in [2.05, 4.69) is 176 Å². The molecular formula is C51H32N2O. The molecule has 10 aromatic rings. The number of rotatable bonds is 5. The van der Waals surface area contributed by atoms with Crippen LogP contribution in [-0.4, -0.2) is 9.97 Å². The summed E-state index contributed by atoms with van der Waals surface area (Å²) >= 11 is 0. The second-order valence-corrected chi connectivity index (χ2v) is 14.1. The number of benzene rings is 8. The van der Waals surface area contributed by atoms with Gasteiger partial charge in [0.2, 0.25) is 0 Å². The third-order valence-electron chi connectivity index (χ3n) is 11.2. The minimum absolute atomic E-state index is 0.466. The Hall–Kier alpha value is -7.10. The monoisotopic (exact) mass is 688 g/mol. The Morgan fingerprint density at radius 1 is 0.389 bits per heavy atom. The van der Waals surface area contributed by atoms with Crippen LogP contribution >= 0.6 is 0 Å². The van der Waals surface area contributed by atoms with Crippen LogP contribution in [0.2, 0.25) is 0 Å². The van der Waals surface area contributed by atoms with Crippen LogP contribution in [0.3, 0.4) is 0 Å². The van der Waals surface area contributed by atoms with Crippen LogP contribution in [0.1, 0.15) is 22.3 Å². The van der Waals surface area contributed by atoms with E-state index in [-0.39, 0.29) is 0 Å². The third kappa shape index (κ3) is 4.49. The lowest BCUT2D eigenvalue weighted by atomic mass is 9.67. The van der Waals surface area contributed by atoms with E-state index < -0.39 is 5.41 Å². The van der Waals surface area contributed by atoms with Gasteiger partial charge in [-0.1, -0.05) is 164 Å². The van der Waals surface area contributed by atoms with Crippen LogP contribution in [0, 0.1) is 0 Å². The molecule has 1 aliphatic carbocycles.